The molecule has 10 heteroatoms. The molecule has 1 saturated heterocycles. The Kier molecular flexibility index (Phi) is 6.09. The number of aromatic nitrogens is 2. The van der Waals surface area contributed by atoms with Crippen LogP contribution < -0.4 is 10.9 Å². The topological polar surface area (TPSA) is 105 Å². The molecule has 0 saturated carbocycles. The molecule has 0 bridgehead atoms. The fraction of sp³-hybridized carbons (Fsp3) is 0.318. The highest BCUT2D eigenvalue weighted by molar-refractivity contribution is 7.89. The smallest absolute Gasteiger partial charge is 0.261 e. The molecule has 0 unspecified atom stereocenters. The minimum Gasteiger partial charge on any atom is -0.324 e. The number of sulfonamides is 1. The first-order chi connectivity index (χ1) is 15.3. The van der Waals surface area contributed by atoms with Crippen molar-refractivity contribution in [3.63, 3.8) is 0 Å². The SMILES string of the molecule is Cc1nc2ccccc2c(=O)n1CC(=O)Nc1cccc(S(=O)(=O)N2CCN(C)CC2)c1. The highest BCUT2D eigenvalue weighted by atomic mass is 32.2. The predicted octanol–water partition coefficient (Wildman–Crippen LogP) is 1.28. The Morgan fingerprint density at radius 1 is 1.06 bits per heavy atom. The average molecular weight is 456 g/mol. The van der Waals surface area contributed by atoms with Crippen molar-refractivity contribution in [3.8, 4) is 0 Å². The van der Waals surface area contributed by atoms with E-state index in [2.05, 4.69) is 15.2 Å². The molecule has 1 N–H and O–H groups in total. The zero-order valence-corrected chi connectivity index (χ0v) is 18.8. The lowest BCUT2D eigenvalue weighted by molar-refractivity contribution is -0.116. The second-order valence-corrected chi connectivity index (χ2v) is 9.79. The van der Waals surface area contributed by atoms with Gasteiger partial charge in [-0.15, -0.1) is 0 Å². The molecule has 4 rings (SSSR count). The van der Waals surface area contributed by atoms with Crippen LogP contribution in [0.25, 0.3) is 10.9 Å². The normalized spacial score (nSPS) is 15.7. The van der Waals surface area contributed by atoms with E-state index in [1.54, 1.807) is 43.3 Å². The lowest BCUT2D eigenvalue weighted by Crippen LogP contribution is -2.47. The second kappa shape index (κ2) is 8.81. The summed E-state index contributed by atoms with van der Waals surface area (Å²) >= 11 is 0. The van der Waals surface area contributed by atoms with Crippen LogP contribution in [0, 0.1) is 6.92 Å². The summed E-state index contributed by atoms with van der Waals surface area (Å²) < 4.78 is 28.7. The van der Waals surface area contributed by atoms with Crippen molar-refractivity contribution in [2.75, 3.05) is 38.5 Å². The fourth-order valence-electron chi connectivity index (χ4n) is 3.72. The fourth-order valence-corrected chi connectivity index (χ4v) is 5.19. The molecule has 2 heterocycles. The first kappa shape index (κ1) is 22.1. The Hall–Kier alpha value is -3.08. The van der Waals surface area contributed by atoms with Crippen LogP contribution in [0.3, 0.4) is 0 Å². The van der Waals surface area contributed by atoms with Gasteiger partial charge in [-0.05, 0) is 44.3 Å². The van der Waals surface area contributed by atoms with Gasteiger partial charge in [-0.25, -0.2) is 13.4 Å². The number of nitrogens with one attached hydrogen (secondary N) is 1. The number of carbonyl (C=O) groups excluding carboxylic acids is 1. The number of nitrogens with zero attached hydrogens (tertiary/aromatic N) is 4. The van der Waals surface area contributed by atoms with E-state index in [0.29, 0.717) is 48.6 Å². The molecular weight excluding hydrogens is 430 g/mol. The van der Waals surface area contributed by atoms with Gasteiger partial charge in [-0.3, -0.25) is 14.2 Å². The van der Waals surface area contributed by atoms with Gasteiger partial charge in [0.1, 0.15) is 12.4 Å². The van der Waals surface area contributed by atoms with Crippen LogP contribution in [0.5, 0.6) is 0 Å². The van der Waals surface area contributed by atoms with Crippen molar-refractivity contribution in [3.05, 3.63) is 64.7 Å². The molecule has 168 valence electrons. The molecule has 32 heavy (non-hydrogen) atoms. The van der Waals surface area contributed by atoms with Gasteiger partial charge in [-0.2, -0.15) is 4.31 Å². The molecule has 1 fully saturated rings. The van der Waals surface area contributed by atoms with Crippen LogP contribution in [0.1, 0.15) is 5.82 Å². The van der Waals surface area contributed by atoms with Crippen LogP contribution in [0.4, 0.5) is 5.69 Å². The third-order valence-electron chi connectivity index (χ3n) is 5.57. The molecule has 0 aliphatic carbocycles. The number of benzene rings is 2. The van der Waals surface area contributed by atoms with Gasteiger partial charge in [0, 0.05) is 31.9 Å². The minimum atomic E-state index is -3.65. The molecular formula is C22H25N5O4S. The Labute approximate surface area is 186 Å². The third kappa shape index (κ3) is 4.43. The van der Waals surface area contributed by atoms with Crippen LogP contribution >= 0.6 is 0 Å². The van der Waals surface area contributed by atoms with Crippen LogP contribution in [-0.2, 0) is 21.4 Å². The maximum Gasteiger partial charge on any atom is 0.261 e. The quantitative estimate of drug-likeness (QED) is 0.622. The number of hydrogen-bond donors (Lipinski definition) is 1. The number of fused-ring (bicyclic) bond motifs is 1. The highest BCUT2D eigenvalue weighted by Gasteiger charge is 2.27. The summed E-state index contributed by atoms with van der Waals surface area (Å²) in [5.41, 5.74) is 0.632. The molecule has 0 radical (unpaired) electrons. The summed E-state index contributed by atoms with van der Waals surface area (Å²) in [5, 5.41) is 3.13. The minimum absolute atomic E-state index is 0.126. The van der Waals surface area contributed by atoms with E-state index in [9.17, 15) is 18.0 Å². The Morgan fingerprint density at radius 2 is 1.78 bits per heavy atom. The summed E-state index contributed by atoms with van der Waals surface area (Å²) in [6.07, 6.45) is 0. The Balaban J connectivity index is 1.53. The van der Waals surface area contributed by atoms with E-state index < -0.39 is 15.9 Å². The van der Waals surface area contributed by atoms with Gasteiger partial charge in [0.25, 0.3) is 5.56 Å². The van der Waals surface area contributed by atoms with Crippen molar-refractivity contribution in [2.24, 2.45) is 0 Å². The van der Waals surface area contributed by atoms with Gasteiger partial charge in [0.15, 0.2) is 0 Å². The number of carbonyl (C=O) groups is 1. The van der Waals surface area contributed by atoms with Gasteiger partial charge in [0.05, 0.1) is 15.8 Å². The summed E-state index contributed by atoms with van der Waals surface area (Å²) in [7, 11) is -1.69. The monoisotopic (exact) mass is 455 g/mol. The summed E-state index contributed by atoms with van der Waals surface area (Å²) in [6.45, 7) is 3.63. The van der Waals surface area contributed by atoms with E-state index in [1.165, 1.54) is 21.0 Å². The number of likely N-dealkylation sites (N-methyl/N-ethyl adjacent to an activating group) is 1. The molecule has 3 aromatic rings. The van der Waals surface area contributed by atoms with E-state index in [-0.39, 0.29) is 17.0 Å². The third-order valence-corrected chi connectivity index (χ3v) is 7.47. The van der Waals surface area contributed by atoms with E-state index in [0.717, 1.165) is 0 Å². The molecule has 9 nitrogen and oxygen atoms in total. The van der Waals surface area contributed by atoms with E-state index in [1.807, 2.05) is 7.05 Å². The number of para-hydroxylation sites is 1. The first-order valence-corrected chi connectivity index (χ1v) is 11.7. The maximum absolute atomic E-state index is 13.0. The van der Waals surface area contributed by atoms with Crippen molar-refractivity contribution in [1.29, 1.82) is 0 Å². The molecule has 1 aliphatic heterocycles. The summed E-state index contributed by atoms with van der Waals surface area (Å²) in [4.78, 5) is 32.0. The summed E-state index contributed by atoms with van der Waals surface area (Å²) in [5.74, 6) is -0.0170. The average Bonchev–Trinajstić information content (AvgIpc) is 2.77. The zero-order chi connectivity index (χ0) is 22.9. The van der Waals surface area contributed by atoms with Crippen molar-refractivity contribution in [1.82, 2.24) is 18.8 Å². The van der Waals surface area contributed by atoms with Gasteiger partial charge >= 0.3 is 0 Å². The number of hydrogen-bond acceptors (Lipinski definition) is 6. The molecule has 2 aromatic carbocycles. The molecule has 1 amide bonds. The Morgan fingerprint density at radius 3 is 2.53 bits per heavy atom. The molecule has 0 spiro atoms. The van der Waals surface area contributed by atoms with Crippen LogP contribution in [0.15, 0.2) is 58.2 Å². The standard InChI is InChI=1S/C22H25N5O4S/c1-16-23-20-9-4-3-8-19(20)22(29)27(16)15-21(28)24-17-6-5-7-18(14-17)32(30,31)26-12-10-25(2)11-13-26/h3-9,14H,10-13,15H2,1-2H3,(H,24,28). The van der Waals surface area contributed by atoms with Crippen molar-refractivity contribution in [2.45, 2.75) is 18.4 Å². The van der Waals surface area contributed by atoms with Crippen molar-refractivity contribution >= 4 is 32.5 Å². The lowest BCUT2D eigenvalue weighted by atomic mass is 10.2. The summed E-state index contributed by atoms with van der Waals surface area (Å²) in [6, 6.07) is 13.1. The number of aryl methyl sites for hydroxylation is 1. The maximum atomic E-state index is 13.0. The van der Waals surface area contributed by atoms with E-state index >= 15 is 0 Å². The lowest BCUT2D eigenvalue weighted by Gasteiger charge is -2.31. The number of piperazine rings is 1. The molecule has 1 aliphatic rings. The van der Waals surface area contributed by atoms with Crippen LogP contribution in [0.2, 0.25) is 0 Å². The largest absolute Gasteiger partial charge is 0.324 e. The number of anilines is 1. The number of rotatable bonds is 5. The van der Waals surface area contributed by atoms with Crippen LogP contribution in [-0.4, -0.2) is 66.3 Å². The van der Waals surface area contributed by atoms with Gasteiger partial charge in [0.2, 0.25) is 15.9 Å². The number of amides is 1. The van der Waals surface area contributed by atoms with Gasteiger partial charge in [-0.1, -0.05) is 18.2 Å². The molecule has 1 aromatic heterocycles. The van der Waals surface area contributed by atoms with Crippen molar-refractivity contribution < 1.29 is 13.2 Å². The van der Waals surface area contributed by atoms with Gasteiger partial charge < -0.3 is 10.2 Å². The Bertz CT molecular complexity index is 1330. The predicted molar refractivity (Wildman–Crippen MR) is 122 cm³/mol. The highest BCUT2D eigenvalue weighted by Crippen LogP contribution is 2.21. The molecule has 0 atom stereocenters. The zero-order valence-electron chi connectivity index (χ0n) is 18.0. The van der Waals surface area contributed by atoms with E-state index in [4.69, 9.17) is 0 Å². The first-order valence-electron chi connectivity index (χ1n) is 10.3. The second-order valence-electron chi connectivity index (χ2n) is 7.85.